The number of para-hydroxylation sites is 1. The van der Waals surface area contributed by atoms with Gasteiger partial charge in [0, 0.05) is 13.2 Å². The maximum absolute atomic E-state index is 11.3. The Morgan fingerprint density at radius 3 is 2.61 bits per heavy atom. The van der Waals surface area contributed by atoms with E-state index in [1.54, 1.807) is 7.11 Å². The molecule has 1 aromatic rings. The molecule has 4 heteroatoms. The van der Waals surface area contributed by atoms with Gasteiger partial charge in [-0.15, -0.1) is 0 Å². The Kier molecular flexibility index (Phi) is 6.58. The molecule has 98 valence electrons. The quantitative estimate of drug-likeness (QED) is 0.423. The van der Waals surface area contributed by atoms with Crippen molar-refractivity contribution in [3.8, 4) is 5.75 Å². The summed E-state index contributed by atoms with van der Waals surface area (Å²) >= 11 is 0. The first-order chi connectivity index (χ1) is 8.72. The predicted molar refractivity (Wildman–Crippen MR) is 68.5 cm³/mol. The molecule has 0 aliphatic rings. The van der Waals surface area contributed by atoms with Crippen LogP contribution < -0.4 is 4.74 Å². The van der Waals surface area contributed by atoms with E-state index >= 15 is 0 Å². The van der Waals surface area contributed by atoms with Crippen molar-refractivity contribution < 1.29 is 19.0 Å². The number of esters is 1. The van der Waals surface area contributed by atoms with Gasteiger partial charge < -0.3 is 14.2 Å². The van der Waals surface area contributed by atoms with Gasteiger partial charge in [-0.05, 0) is 24.6 Å². The molecule has 1 aromatic carbocycles. The lowest BCUT2D eigenvalue weighted by atomic mass is 10.3. The molecule has 18 heavy (non-hydrogen) atoms. The van der Waals surface area contributed by atoms with Gasteiger partial charge in [-0.2, -0.15) is 0 Å². The average Bonchev–Trinajstić information content (AvgIpc) is 2.36. The van der Waals surface area contributed by atoms with E-state index in [0.717, 1.165) is 11.3 Å². The van der Waals surface area contributed by atoms with E-state index in [2.05, 4.69) is 0 Å². The average molecular weight is 250 g/mol. The first-order valence-electron chi connectivity index (χ1n) is 5.73. The first-order valence-corrected chi connectivity index (χ1v) is 5.73. The maximum atomic E-state index is 11.3. The van der Waals surface area contributed by atoms with Crippen LogP contribution in [0.4, 0.5) is 0 Å². The molecule has 0 unspecified atom stereocenters. The molecule has 0 aliphatic carbocycles. The molecule has 0 atom stereocenters. The van der Waals surface area contributed by atoms with Crippen LogP contribution in [0.25, 0.3) is 0 Å². The van der Waals surface area contributed by atoms with Crippen molar-refractivity contribution >= 4 is 5.97 Å². The molecule has 0 amide bonds. The standard InChI is InChI=1S/C14H18O4/c1-12(11-16-2)10-14(15)18-9-8-17-13-6-4-3-5-7-13/h3-7,10H,8-9,11H2,1-2H3/b12-10+. The number of benzene rings is 1. The highest BCUT2D eigenvalue weighted by atomic mass is 16.6. The maximum Gasteiger partial charge on any atom is 0.330 e. The van der Waals surface area contributed by atoms with Crippen molar-refractivity contribution in [1.29, 1.82) is 0 Å². The molecular weight excluding hydrogens is 232 g/mol. The Labute approximate surface area is 107 Å². The lowest BCUT2D eigenvalue weighted by molar-refractivity contribution is -0.138. The van der Waals surface area contributed by atoms with Gasteiger partial charge in [0.15, 0.2) is 0 Å². The van der Waals surface area contributed by atoms with Crippen LogP contribution in [0, 0.1) is 0 Å². The van der Waals surface area contributed by atoms with E-state index in [0.29, 0.717) is 13.2 Å². The number of hydrogen-bond donors (Lipinski definition) is 0. The van der Waals surface area contributed by atoms with E-state index in [1.165, 1.54) is 6.08 Å². The van der Waals surface area contributed by atoms with E-state index in [1.807, 2.05) is 37.3 Å². The van der Waals surface area contributed by atoms with Crippen LogP contribution >= 0.6 is 0 Å². The van der Waals surface area contributed by atoms with Gasteiger partial charge in [-0.25, -0.2) is 4.79 Å². The van der Waals surface area contributed by atoms with Crippen molar-refractivity contribution in [1.82, 2.24) is 0 Å². The second-order valence-electron chi connectivity index (χ2n) is 3.75. The summed E-state index contributed by atoms with van der Waals surface area (Å²) in [5.41, 5.74) is 0.825. The highest BCUT2D eigenvalue weighted by Gasteiger charge is 2.00. The van der Waals surface area contributed by atoms with Crippen LogP contribution in [0.2, 0.25) is 0 Å². The van der Waals surface area contributed by atoms with Gasteiger partial charge in [0.2, 0.25) is 0 Å². The van der Waals surface area contributed by atoms with E-state index in [9.17, 15) is 4.79 Å². The van der Waals surface area contributed by atoms with E-state index < -0.39 is 0 Å². The number of carbonyl (C=O) groups is 1. The third-order valence-electron chi connectivity index (χ3n) is 2.08. The third-order valence-corrected chi connectivity index (χ3v) is 2.08. The number of carbonyl (C=O) groups excluding carboxylic acids is 1. The smallest absolute Gasteiger partial charge is 0.330 e. The van der Waals surface area contributed by atoms with Gasteiger partial charge in [-0.3, -0.25) is 0 Å². The highest BCUT2D eigenvalue weighted by molar-refractivity contribution is 5.82. The lowest BCUT2D eigenvalue weighted by Crippen LogP contribution is -2.11. The van der Waals surface area contributed by atoms with Crippen LogP contribution in [-0.2, 0) is 14.3 Å². The number of ether oxygens (including phenoxy) is 3. The molecule has 0 heterocycles. The Balaban J connectivity index is 2.18. The zero-order chi connectivity index (χ0) is 13.2. The van der Waals surface area contributed by atoms with Crippen LogP contribution in [-0.4, -0.2) is 32.9 Å². The molecule has 4 nitrogen and oxygen atoms in total. The van der Waals surface area contributed by atoms with E-state index in [4.69, 9.17) is 14.2 Å². The van der Waals surface area contributed by atoms with Gasteiger partial charge in [0.25, 0.3) is 0 Å². The minimum absolute atomic E-state index is 0.227. The van der Waals surface area contributed by atoms with Gasteiger partial charge in [-0.1, -0.05) is 18.2 Å². The fraction of sp³-hybridized carbons (Fsp3) is 0.357. The Morgan fingerprint density at radius 2 is 1.94 bits per heavy atom. The summed E-state index contributed by atoms with van der Waals surface area (Å²) in [5.74, 6) is 0.390. The Hall–Kier alpha value is -1.81. The van der Waals surface area contributed by atoms with Crippen LogP contribution in [0.1, 0.15) is 6.92 Å². The third kappa shape index (κ3) is 6.06. The molecular formula is C14H18O4. The summed E-state index contributed by atoms with van der Waals surface area (Å²) in [6.45, 7) is 2.80. The summed E-state index contributed by atoms with van der Waals surface area (Å²) in [7, 11) is 1.58. The van der Waals surface area contributed by atoms with Gasteiger partial charge in [0.05, 0.1) is 6.61 Å². The monoisotopic (exact) mass is 250 g/mol. The molecule has 0 N–H and O–H groups in total. The van der Waals surface area contributed by atoms with Crippen LogP contribution in [0.5, 0.6) is 5.75 Å². The van der Waals surface area contributed by atoms with E-state index in [-0.39, 0.29) is 12.6 Å². The molecule has 0 radical (unpaired) electrons. The lowest BCUT2D eigenvalue weighted by Gasteiger charge is -2.06. The molecule has 0 saturated carbocycles. The molecule has 0 bridgehead atoms. The Bertz CT molecular complexity index is 384. The van der Waals surface area contributed by atoms with Gasteiger partial charge >= 0.3 is 5.97 Å². The second kappa shape index (κ2) is 8.31. The van der Waals surface area contributed by atoms with Crippen LogP contribution in [0.3, 0.4) is 0 Å². The fourth-order valence-corrected chi connectivity index (χ4v) is 1.33. The van der Waals surface area contributed by atoms with Crippen LogP contribution in [0.15, 0.2) is 42.0 Å². The molecule has 0 saturated heterocycles. The zero-order valence-corrected chi connectivity index (χ0v) is 10.7. The molecule has 0 aromatic heterocycles. The predicted octanol–water partition coefficient (Wildman–Crippen LogP) is 2.20. The Morgan fingerprint density at radius 1 is 1.22 bits per heavy atom. The molecule has 0 aliphatic heterocycles. The van der Waals surface area contributed by atoms with Gasteiger partial charge in [0.1, 0.15) is 19.0 Å². The molecule has 0 fully saturated rings. The summed E-state index contributed by atoms with van der Waals surface area (Å²) < 4.78 is 15.3. The summed E-state index contributed by atoms with van der Waals surface area (Å²) in [5, 5.41) is 0. The second-order valence-corrected chi connectivity index (χ2v) is 3.75. The van der Waals surface area contributed by atoms with Crippen molar-refractivity contribution in [2.75, 3.05) is 26.9 Å². The normalized spacial score (nSPS) is 11.1. The SMILES string of the molecule is COC/C(C)=C/C(=O)OCCOc1ccccc1. The molecule has 0 spiro atoms. The van der Waals surface area contributed by atoms with Crippen molar-refractivity contribution in [3.63, 3.8) is 0 Å². The molecule has 1 rings (SSSR count). The summed E-state index contributed by atoms with van der Waals surface area (Å²) in [4.78, 5) is 11.3. The topological polar surface area (TPSA) is 44.8 Å². The van der Waals surface area contributed by atoms with Crippen molar-refractivity contribution in [3.05, 3.63) is 42.0 Å². The van der Waals surface area contributed by atoms with Crippen molar-refractivity contribution in [2.45, 2.75) is 6.92 Å². The highest BCUT2D eigenvalue weighted by Crippen LogP contribution is 2.07. The summed E-state index contributed by atoms with van der Waals surface area (Å²) in [6.07, 6.45) is 1.42. The number of rotatable bonds is 7. The zero-order valence-electron chi connectivity index (χ0n) is 10.7. The number of hydrogen-bond acceptors (Lipinski definition) is 4. The largest absolute Gasteiger partial charge is 0.490 e. The minimum Gasteiger partial charge on any atom is -0.490 e. The minimum atomic E-state index is -0.374. The van der Waals surface area contributed by atoms with Crippen molar-refractivity contribution in [2.24, 2.45) is 0 Å². The number of methoxy groups -OCH3 is 1. The fourth-order valence-electron chi connectivity index (χ4n) is 1.33. The summed E-state index contributed by atoms with van der Waals surface area (Å²) in [6, 6.07) is 9.39. The first kappa shape index (κ1) is 14.3.